The van der Waals surface area contributed by atoms with E-state index in [9.17, 15) is 4.79 Å². The van der Waals surface area contributed by atoms with E-state index >= 15 is 0 Å². The van der Waals surface area contributed by atoms with Crippen molar-refractivity contribution in [3.8, 4) is 0 Å². The van der Waals surface area contributed by atoms with E-state index in [1.165, 1.54) is 0 Å². The second-order valence-electron chi connectivity index (χ2n) is 3.67. The highest BCUT2D eigenvalue weighted by Crippen LogP contribution is 2.08. The van der Waals surface area contributed by atoms with Crippen LogP contribution in [0.25, 0.3) is 0 Å². The van der Waals surface area contributed by atoms with Crippen LogP contribution in [0, 0.1) is 0 Å². The summed E-state index contributed by atoms with van der Waals surface area (Å²) in [5.74, 6) is 1.72. The van der Waals surface area contributed by atoms with Gasteiger partial charge >= 0.3 is 5.97 Å². The molecule has 15 heavy (non-hydrogen) atoms. The summed E-state index contributed by atoms with van der Waals surface area (Å²) in [5.41, 5.74) is 0. The van der Waals surface area contributed by atoms with Crippen LogP contribution in [0.1, 0.15) is 13.8 Å². The van der Waals surface area contributed by atoms with Gasteiger partial charge in [0.1, 0.15) is 12.6 Å². The molecule has 0 aromatic carbocycles. The highest BCUT2D eigenvalue weighted by atomic mass is 32.2. The van der Waals surface area contributed by atoms with Crippen molar-refractivity contribution >= 4 is 17.7 Å². The molecule has 88 valence electrons. The molecule has 5 heteroatoms. The highest BCUT2D eigenvalue weighted by Gasteiger charge is 2.21. The molecule has 1 heterocycles. The third-order valence-electron chi connectivity index (χ3n) is 1.99. The van der Waals surface area contributed by atoms with Gasteiger partial charge in [-0.2, -0.15) is 11.8 Å². The normalized spacial score (nSPS) is 21.7. The minimum atomic E-state index is -0.158. The van der Waals surface area contributed by atoms with Gasteiger partial charge in [0.15, 0.2) is 0 Å². The van der Waals surface area contributed by atoms with Gasteiger partial charge in [-0.25, -0.2) is 0 Å². The third-order valence-corrected chi connectivity index (χ3v) is 3.05. The van der Waals surface area contributed by atoms with E-state index in [0.29, 0.717) is 13.2 Å². The zero-order valence-electron chi connectivity index (χ0n) is 9.32. The van der Waals surface area contributed by atoms with Gasteiger partial charge in [0.05, 0.1) is 12.7 Å². The number of ether oxygens (including phenoxy) is 2. The quantitative estimate of drug-likeness (QED) is 0.558. The summed E-state index contributed by atoms with van der Waals surface area (Å²) in [6.45, 7) is 5.62. The number of hydrogen-bond donors (Lipinski definition) is 1. The molecule has 1 aliphatic heterocycles. The molecule has 1 fully saturated rings. The number of esters is 1. The predicted octanol–water partition coefficient (Wildman–Crippen LogP) is 0.660. The van der Waals surface area contributed by atoms with E-state index in [1.54, 1.807) is 11.8 Å². The molecule has 1 aliphatic rings. The number of carbonyl (C=O) groups is 1. The van der Waals surface area contributed by atoms with Crippen LogP contribution in [-0.4, -0.2) is 49.4 Å². The van der Waals surface area contributed by atoms with Crippen LogP contribution in [0.3, 0.4) is 0 Å². The molecule has 1 saturated heterocycles. The maximum absolute atomic E-state index is 11.5. The van der Waals surface area contributed by atoms with E-state index in [4.69, 9.17) is 9.47 Å². The Morgan fingerprint density at radius 3 is 2.93 bits per heavy atom. The Hall–Kier alpha value is -0.260. The Balaban J connectivity index is 2.07. The fraction of sp³-hybridized carbons (Fsp3) is 0.900. The summed E-state index contributed by atoms with van der Waals surface area (Å²) in [4.78, 5) is 11.5. The van der Waals surface area contributed by atoms with E-state index < -0.39 is 0 Å². The molecule has 0 bridgehead atoms. The molecular weight excluding hydrogens is 214 g/mol. The maximum Gasteiger partial charge on any atom is 0.324 e. The Labute approximate surface area is 95.1 Å². The summed E-state index contributed by atoms with van der Waals surface area (Å²) in [6.07, 6.45) is 0.187. The standard InChI is InChI=1S/C10H19NO3S/c1-8(2)13-4-5-14-10(12)9-7-15-6-3-11-9/h8-9,11H,3-7H2,1-2H3. The molecule has 0 saturated carbocycles. The number of rotatable bonds is 5. The lowest BCUT2D eigenvalue weighted by Gasteiger charge is -2.21. The molecule has 4 nitrogen and oxygen atoms in total. The minimum absolute atomic E-state index is 0.136. The molecule has 1 rings (SSSR count). The van der Waals surface area contributed by atoms with Crippen LogP contribution >= 0.6 is 11.8 Å². The molecule has 0 amide bonds. The number of carbonyl (C=O) groups excluding carboxylic acids is 1. The van der Waals surface area contributed by atoms with Gasteiger partial charge in [0, 0.05) is 18.1 Å². The Morgan fingerprint density at radius 1 is 1.53 bits per heavy atom. The summed E-state index contributed by atoms with van der Waals surface area (Å²) in [7, 11) is 0. The first-order chi connectivity index (χ1) is 7.20. The molecule has 0 spiro atoms. The van der Waals surface area contributed by atoms with Crippen molar-refractivity contribution in [3.05, 3.63) is 0 Å². The molecule has 1 atom stereocenters. The zero-order chi connectivity index (χ0) is 11.1. The van der Waals surface area contributed by atoms with Crippen LogP contribution < -0.4 is 5.32 Å². The second kappa shape index (κ2) is 7.09. The fourth-order valence-electron chi connectivity index (χ4n) is 1.24. The van der Waals surface area contributed by atoms with Gasteiger partial charge in [0.2, 0.25) is 0 Å². The van der Waals surface area contributed by atoms with Gasteiger partial charge in [-0.05, 0) is 13.8 Å². The number of hydrogen-bond acceptors (Lipinski definition) is 5. The Bertz CT molecular complexity index is 193. The Kier molecular flexibility index (Phi) is 6.05. The Morgan fingerprint density at radius 2 is 2.33 bits per heavy atom. The molecule has 1 unspecified atom stereocenters. The van der Waals surface area contributed by atoms with Gasteiger partial charge in [-0.1, -0.05) is 0 Å². The zero-order valence-corrected chi connectivity index (χ0v) is 10.1. The van der Waals surface area contributed by atoms with Crippen molar-refractivity contribution in [3.63, 3.8) is 0 Å². The van der Waals surface area contributed by atoms with E-state index in [-0.39, 0.29) is 18.1 Å². The van der Waals surface area contributed by atoms with Gasteiger partial charge in [-0.15, -0.1) is 0 Å². The van der Waals surface area contributed by atoms with Crippen LogP contribution in [0.5, 0.6) is 0 Å². The van der Waals surface area contributed by atoms with Crippen molar-refractivity contribution < 1.29 is 14.3 Å². The van der Waals surface area contributed by atoms with Crippen molar-refractivity contribution in [1.82, 2.24) is 5.32 Å². The van der Waals surface area contributed by atoms with Gasteiger partial charge in [0.25, 0.3) is 0 Å². The summed E-state index contributed by atoms with van der Waals surface area (Å²) in [5, 5.41) is 3.13. The lowest BCUT2D eigenvalue weighted by atomic mass is 10.3. The lowest BCUT2D eigenvalue weighted by Crippen LogP contribution is -2.44. The summed E-state index contributed by atoms with van der Waals surface area (Å²) in [6, 6.07) is -0.136. The topological polar surface area (TPSA) is 47.6 Å². The van der Waals surface area contributed by atoms with Crippen molar-refractivity contribution in [2.24, 2.45) is 0 Å². The molecule has 0 radical (unpaired) electrons. The van der Waals surface area contributed by atoms with Crippen LogP contribution in [0.2, 0.25) is 0 Å². The SMILES string of the molecule is CC(C)OCCOC(=O)C1CSCCN1. The lowest BCUT2D eigenvalue weighted by molar-refractivity contribution is -0.147. The molecule has 0 aromatic heterocycles. The first-order valence-electron chi connectivity index (χ1n) is 5.29. The van der Waals surface area contributed by atoms with E-state index in [0.717, 1.165) is 18.1 Å². The maximum atomic E-state index is 11.5. The number of thioether (sulfide) groups is 1. The minimum Gasteiger partial charge on any atom is -0.462 e. The van der Waals surface area contributed by atoms with Crippen LogP contribution in [0.15, 0.2) is 0 Å². The van der Waals surface area contributed by atoms with E-state index in [1.807, 2.05) is 13.8 Å². The summed E-state index contributed by atoms with van der Waals surface area (Å²) >= 11 is 1.78. The molecular formula is C10H19NO3S. The van der Waals surface area contributed by atoms with Gasteiger partial charge in [-0.3, -0.25) is 4.79 Å². The van der Waals surface area contributed by atoms with E-state index in [2.05, 4.69) is 5.32 Å². The second-order valence-corrected chi connectivity index (χ2v) is 4.82. The van der Waals surface area contributed by atoms with Crippen molar-refractivity contribution in [2.45, 2.75) is 26.0 Å². The predicted molar refractivity (Wildman–Crippen MR) is 61.2 cm³/mol. The largest absolute Gasteiger partial charge is 0.462 e. The highest BCUT2D eigenvalue weighted by molar-refractivity contribution is 7.99. The average Bonchev–Trinajstić information content (AvgIpc) is 2.25. The summed E-state index contributed by atoms with van der Waals surface area (Å²) < 4.78 is 10.4. The first-order valence-corrected chi connectivity index (χ1v) is 6.45. The average molecular weight is 233 g/mol. The fourth-order valence-corrected chi connectivity index (χ4v) is 2.16. The number of nitrogens with one attached hydrogen (secondary N) is 1. The third kappa shape index (κ3) is 5.39. The van der Waals surface area contributed by atoms with Crippen molar-refractivity contribution in [2.75, 3.05) is 31.3 Å². The first kappa shape index (κ1) is 12.8. The van der Waals surface area contributed by atoms with Crippen molar-refractivity contribution in [1.29, 1.82) is 0 Å². The molecule has 0 aromatic rings. The smallest absolute Gasteiger partial charge is 0.324 e. The molecule has 1 N–H and O–H groups in total. The van der Waals surface area contributed by atoms with Crippen LogP contribution in [0.4, 0.5) is 0 Å². The van der Waals surface area contributed by atoms with Crippen LogP contribution in [-0.2, 0) is 14.3 Å². The van der Waals surface area contributed by atoms with Gasteiger partial charge < -0.3 is 14.8 Å². The monoisotopic (exact) mass is 233 g/mol. The molecule has 0 aliphatic carbocycles.